The first-order chi connectivity index (χ1) is 13.4. The van der Waals surface area contributed by atoms with E-state index in [-0.39, 0.29) is 0 Å². The molecule has 1 aliphatic rings. The van der Waals surface area contributed by atoms with Crippen LogP contribution in [-0.2, 0) is 0 Å². The minimum atomic E-state index is 0.850. The highest BCUT2D eigenvalue weighted by Gasteiger charge is 2.22. The number of nitrogens with one attached hydrogen (secondary N) is 1. The molecule has 1 aromatic rings. The fourth-order valence-electron chi connectivity index (χ4n) is 3.33. The summed E-state index contributed by atoms with van der Waals surface area (Å²) in [5, 5.41) is 0. The van der Waals surface area contributed by atoms with Gasteiger partial charge in [0.05, 0.1) is 0 Å². The topological polar surface area (TPSA) is 70.5 Å². The third kappa shape index (κ3) is 4.94. The minimum Gasteiger partial charge on any atom is -0.405 e. The Kier molecular flexibility index (Phi) is 7.67. The first-order valence-electron chi connectivity index (χ1n) is 9.55. The molecule has 0 aromatic heterocycles. The number of benzene rings is 1. The monoisotopic (exact) mass is 379 g/mol. The number of hydrogen-bond donors (Lipinski definition) is 3. The molecular formula is C23H33N5. The van der Waals surface area contributed by atoms with Crippen molar-refractivity contribution in [2.24, 2.45) is 11.6 Å². The van der Waals surface area contributed by atoms with Gasteiger partial charge in [0.2, 0.25) is 0 Å². The van der Waals surface area contributed by atoms with Crippen molar-refractivity contribution >= 4 is 5.57 Å². The van der Waals surface area contributed by atoms with Crippen molar-refractivity contribution < 1.29 is 0 Å². The molecule has 1 aliphatic heterocycles. The number of piperazine rings is 1. The number of nitrogens with two attached hydrogens (primary N) is 2. The van der Waals surface area contributed by atoms with E-state index in [9.17, 15) is 0 Å². The van der Waals surface area contributed by atoms with E-state index < -0.39 is 0 Å². The van der Waals surface area contributed by atoms with Crippen molar-refractivity contribution in [2.45, 2.75) is 13.8 Å². The predicted octanol–water partition coefficient (Wildman–Crippen LogP) is 2.82. The zero-order valence-corrected chi connectivity index (χ0v) is 17.3. The average Bonchev–Trinajstić information content (AvgIpc) is 2.68. The van der Waals surface area contributed by atoms with E-state index in [1.54, 1.807) is 6.08 Å². The zero-order chi connectivity index (χ0) is 20.7. The van der Waals surface area contributed by atoms with Gasteiger partial charge in [-0.3, -0.25) is 0 Å². The Bertz CT molecular complexity index is 808. The van der Waals surface area contributed by atoms with Crippen LogP contribution in [0.25, 0.3) is 5.57 Å². The van der Waals surface area contributed by atoms with Gasteiger partial charge >= 0.3 is 0 Å². The van der Waals surface area contributed by atoms with Crippen LogP contribution in [0.15, 0.2) is 72.8 Å². The molecule has 1 aromatic carbocycles. The Labute approximate surface area is 169 Å². The smallest absolute Gasteiger partial charge is 0.124 e. The number of likely N-dealkylation sites (N-methyl/N-ethyl adjacent to an activating group) is 1. The summed E-state index contributed by atoms with van der Waals surface area (Å²) in [7, 11) is 2.13. The van der Waals surface area contributed by atoms with Crippen LogP contribution in [0.5, 0.6) is 0 Å². The first-order valence-corrected chi connectivity index (χ1v) is 9.55. The number of allylic oxidation sites excluding steroid dienone is 6. The van der Waals surface area contributed by atoms with Gasteiger partial charge in [-0.1, -0.05) is 43.5 Å². The number of hydrogen-bond acceptors (Lipinski definition) is 5. The van der Waals surface area contributed by atoms with Gasteiger partial charge < -0.3 is 21.0 Å². The zero-order valence-electron chi connectivity index (χ0n) is 17.3. The van der Waals surface area contributed by atoms with Crippen molar-refractivity contribution in [3.05, 3.63) is 89.4 Å². The van der Waals surface area contributed by atoms with Gasteiger partial charge in [0.25, 0.3) is 0 Å². The molecule has 150 valence electrons. The van der Waals surface area contributed by atoms with Crippen LogP contribution in [0.2, 0.25) is 0 Å². The van der Waals surface area contributed by atoms with E-state index in [4.69, 9.17) is 11.6 Å². The van der Waals surface area contributed by atoms with Crippen LogP contribution in [0, 0.1) is 13.8 Å². The fourth-order valence-corrected chi connectivity index (χ4v) is 3.33. The molecule has 28 heavy (non-hydrogen) atoms. The van der Waals surface area contributed by atoms with Crippen LogP contribution >= 0.6 is 0 Å². The van der Waals surface area contributed by atoms with Gasteiger partial charge in [-0.15, -0.1) is 0 Å². The SMILES string of the molecule is C=C/C=C(\C=C/N)C(/C(=C)c1ccc(C)c(C)c1)=C(/NN)N1CCN(C)CC1. The second kappa shape index (κ2) is 9.97. The maximum absolute atomic E-state index is 6.03. The van der Waals surface area contributed by atoms with E-state index in [0.717, 1.165) is 54.3 Å². The first kappa shape index (κ1) is 21.5. The Morgan fingerprint density at radius 1 is 1.14 bits per heavy atom. The van der Waals surface area contributed by atoms with E-state index >= 15 is 0 Å². The van der Waals surface area contributed by atoms with Gasteiger partial charge in [0.15, 0.2) is 0 Å². The molecule has 0 bridgehead atoms. The summed E-state index contributed by atoms with van der Waals surface area (Å²) in [6.45, 7) is 16.2. The van der Waals surface area contributed by atoms with Crippen molar-refractivity contribution in [1.82, 2.24) is 15.2 Å². The van der Waals surface area contributed by atoms with Crippen LogP contribution in [0.1, 0.15) is 16.7 Å². The quantitative estimate of drug-likeness (QED) is 0.386. The van der Waals surface area contributed by atoms with Crippen molar-refractivity contribution in [3.8, 4) is 0 Å². The summed E-state index contributed by atoms with van der Waals surface area (Å²) in [5.74, 6) is 6.88. The van der Waals surface area contributed by atoms with E-state index in [0.29, 0.717) is 0 Å². The molecule has 0 saturated carbocycles. The van der Waals surface area contributed by atoms with Gasteiger partial charge in [-0.25, -0.2) is 5.84 Å². The largest absolute Gasteiger partial charge is 0.405 e. The van der Waals surface area contributed by atoms with E-state index in [1.807, 2.05) is 12.2 Å². The normalized spacial score (nSPS) is 16.9. The Hall–Kier alpha value is -2.76. The van der Waals surface area contributed by atoms with Crippen molar-refractivity contribution in [2.75, 3.05) is 33.2 Å². The molecule has 0 spiro atoms. The third-order valence-corrected chi connectivity index (χ3v) is 5.21. The third-order valence-electron chi connectivity index (χ3n) is 5.21. The number of nitrogens with zero attached hydrogens (tertiary/aromatic N) is 2. The fraction of sp³-hybridized carbons (Fsp3) is 0.304. The van der Waals surface area contributed by atoms with Crippen LogP contribution < -0.4 is 17.0 Å². The summed E-state index contributed by atoms with van der Waals surface area (Å²) in [6.07, 6.45) is 7.07. The highest BCUT2D eigenvalue weighted by molar-refractivity contribution is 5.84. The standard InChI is InChI=1S/C23H33N5/c1-6-7-20(10-11-24)22(19(4)21-9-8-17(2)18(3)16-21)23(26-25)28-14-12-27(5)13-15-28/h6-11,16,26H,1,4,12-15,24-25H2,2-3,5H3/b11-10-,20-7+,23-22-. The molecule has 0 unspecified atom stereocenters. The molecule has 5 nitrogen and oxygen atoms in total. The predicted molar refractivity (Wildman–Crippen MR) is 120 cm³/mol. The number of hydrazine groups is 1. The van der Waals surface area contributed by atoms with Crippen LogP contribution in [-0.4, -0.2) is 43.0 Å². The lowest BCUT2D eigenvalue weighted by Crippen LogP contribution is -2.48. The average molecular weight is 380 g/mol. The lowest BCUT2D eigenvalue weighted by molar-refractivity contribution is 0.177. The second-order valence-electron chi connectivity index (χ2n) is 7.15. The molecule has 1 heterocycles. The minimum absolute atomic E-state index is 0.850. The van der Waals surface area contributed by atoms with Gasteiger partial charge in [0.1, 0.15) is 5.82 Å². The molecule has 0 aliphatic carbocycles. The summed E-state index contributed by atoms with van der Waals surface area (Å²) >= 11 is 0. The lowest BCUT2D eigenvalue weighted by atomic mass is 9.90. The second-order valence-corrected chi connectivity index (χ2v) is 7.15. The summed E-state index contributed by atoms with van der Waals surface area (Å²) in [4.78, 5) is 4.57. The van der Waals surface area contributed by atoms with Crippen molar-refractivity contribution in [1.29, 1.82) is 0 Å². The number of aryl methyl sites for hydroxylation is 2. The van der Waals surface area contributed by atoms with Gasteiger partial charge in [-0.2, -0.15) is 0 Å². The maximum Gasteiger partial charge on any atom is 0.124 e. The molecule has 0 amide bonds. The van der Waals surface area contributed by atoms with E-state index in [1.165, 1.54) is 17.3 Å². The number of rotatable bonds is 7. The molecule has 2 rings (SSSR count). The summed E-state index contributed by atoms with van der Waals surface area (Å²) < 4.78 is 0. The molecule has 1 fully saturated rings. The molecule has 0 atom stereocenters. The lowest BCUT2D eigenvalue weighted by Gasteiger charge is -2.36. The molecule has 0 radical (unpaired) electrons. The van der Waals surface area contributed by atoms with Gasteiger partial charge in [0, 0.05) is 31.8 Å². The van der Waals surface area contributed by atoms with Gasteiger partial charge in [-0.05, 0) is 61.0 Å². The Morgan fingerprint density at radius 3 is 2.36 bits per heavy atom. The Morgan fingerprint density at radius 2 is 1.82 bits per heavy atom. The Balaban J connectivity index is 2.63. The van der Waals surface area contributed by atoms with E-state index in [2.05, 4.69) is 67.5 Å². The molecule has 1 saturated heterocycles. The summed E-state index contributed by atoms with van der Waals surface area (Å²) in [6, 6.07) is 6.38. The van der Waals surface area contributed by atoms with Crippen molar-refractivity contribution in [3.63, 3.8) is 0 Å². The molecule has 5 N–H and O–H groups in total. The summed E-state index contributed by atoms with van der Waals surface area (Å²) in [5.41, 5.74) is 14.9. The van der Waals surface area contributed by atoms with Crippen LogP contribution in [0.3, 0.4) is 0 Å². The maximum atomic E-state index is 6.03. The highest BCUT2D eigenvalue weighted by atomic mass is 15.4. The molecular weight excluding hydrogens is 346 g/mol. The van der Waals surface area contributed by atoms with Crippen LogP contribution in [0.4, 0.5) is 0 Å². The highest BCUT2D eigenvalue weighted by Crippen LogP contribution is 2.32. The molecule has 5 heteroatoms.